The molecule has 0 spiro atoms. The van der Waals surface area contributed by atoms with Crippen molar-refractivity contribution in [1.29, 1.82) is 0 Å². The molecule has 0 saturated carbocycles. The number of nitrogens with zero attached hydrogens (tertiary/aromatic N) is 4. The molecule has 0 aliphatic carbocycles. The van der Waals surface area contributed by atoms with Gasteiger partial charge in [-0.2, -0.15) is 18.3 Å². The number of hydrogen-bond acceptors (Lipinski definition) is 7. The number of halogens is 3. The molecule has 34 heavy (non-hydrogen) atoms. The zero-order valence-corrected chi connectivity index (χ0v) is 17.6. The van der Waals surface area contributed by atoms with Gasteiger partial charge in [0.25, 0.3) is 5.69 Å². The second-order valence-corrected chi connectivity index (χ2v) is 7.13. The third-order valence-electron chi connectivity index (χ3n) is 4.56. The molecule has 0 aliphatic heterocycles. The fraction of sp³-hybridized carbons (Fsp3) is 0.200. The summed E-state index contributed by atoms with van der Waals surface area (Å²) in [4.78, 5) is 32.8. The minimum atomic E-state index is -5.10. The summed E-state index contributed by atoms with van der Waals surface area (Å²) in [7, 11) is 0. The van der Waals surface area contributed by atoms with Crippen LogP contribution in [0.2, 0.25) is 0 Å². The van der Waals surface area contributed by atoms with Gasteiger partial charge in [0.15, 0.2) is 0 Å². The maximum atomic E-state index is 13.1. The molecule has 3 aromatic rings. The summed E-state index contributed by atoms with van der Waals surface area (Å²) in [6.07, 6.45) is -5.10. The normalized spacial score (nSPS) is 11.2. The number of nitro groups is 2. The molecule has 0 radical (unpaired) electrons. The minimum absolute atomic E-state index is 0.0265. The lowest BCUT2D eigenvalue weighted by molar-refractivity contribution is -0.388. The van der Waals surface area contributed by atoms with Crippen LogP contribution >= 0.6 is 0 Å². The number of carbonyl (C=O) groups excluding carboxylic acids is 1. The Labute approximate surface area is 189 Å². The minimum Gasteiger partial charge on any atom is -0.457 e. The number of alkyl halides is 3. The van der Waals surface area contributed by atoms with Crippen molar-refractivity contribution in [1.82, 2.24) is 9.78 Å². The van der Waals surface area contributed by atoms with Gasteiger partial charge in [-0.15, -0.1) is 0 Å². The van der Waals surface area contributed by atoms with Crippen LogP contribution in [0.3, 0.4) is 0 Å². The van der Waals surface area contributed by atoms with Crippen LogP contribution in [-0.2, 0) is 17.5 Å². The van der Waals surface area contributed by atoms with Crippen LogP contribution in [0.5, 0.6) is 11.5 Å². The van der Waals surface area contributed by atoms with Gasteiger partial charge in [-0.3, -0.25) is 29.7 Å². The van der Waals surface area contributed by atoms with Crippen LogP contribution in [-0.4, -0.2) is 25.5 Å². The first-order valence-corrected chi connectivity index (χ1v) is 9.48. The largest absolute Gasteiger partial charge is 0.457 e. The summed E-state index contributed by atoms with van der Waals surface area (Å²) in [5.41, 5.74) is -2.99. The first-order chi connectivity index (χ1) is 15.8. The predicted molar refractivity (Wildman–Crippen MR) is 112 cm³/mol. The highest BCUT2D eigenvalue weighted by atomic mass is 19.4. The van der Waals surface area contributed by atoms with E-state index in [1.165, 1.54) is 6.07 Å². The van der Waals surface area contributed by atoms with E-state index in [0.29, 0.717) is 10.4 Å². The van der Waals surface area contributed by atoms with E-state index in [-0.39, 0.29) is 11.4 Å². The first kappa shape index (κ1) is 24.2. The van der Waals surface area contributed by atoms with Crippen molar-refractivity contribution in [2.45, 2.75) is 26.6 Å². The molecule has 2 aromatic carbocycles. The van der Waals surface area contributed by atoms with Crippen molar-refractivity contribution in [3.63, 3.8) is 0 Å². The Hall–Kier alpha value is -4.49. The van der Waals surface area contributed by atoms with Crippen LogP contribution in [0, 0.1) is 34.1 Å². The zero-order valence-electron chi connectivity index (χ0n) is 17.6. The molecule has 0 bridgehead atoms. The zero-order chi connectivity index (χ0) is 25.2. The fourth-order valence-corrected chi connectivity index (χ4v) is 3.00. The molecular formula is C20H16F3N5O6. The number of nitrogens with one attached hydrogen (secondary N) is 1. The van der Waals surface area contributed by atoms with Gasteiger partial charge < -0.3 is 10.1 Å². The summed E-state index contributed by atoms with van der Waals surface area (Å²) in [5.74, 6) is -0.517. The number of aryl methyl sites for hydroxylation is 1. The number of benzene rings is 2. The molecule has 11 nitrogen and oxygen atoms in total. The van der Waals surface area contributed by atoms with Gasteiger partial charge in [-0.1, -0.05) is 17.7 Å². The third-order valence-corrected chi connectivity index (χ3v) is 4.56. The van der Waals surface area contributed by atoms with Crippen LogP contribution in [0.1, 0.15) is 17.0 Å². The van der Waals surface area contributed by atoms with Crippen molar-refractivity contribution >= 4 is 23.0 Å². The Morgan fingerprint density at radius 2 is 1.71 bits per heavy atom. The number of nitro benzene ring substituents is 1. The molecule has 178 valence electrons. The van der Waals surface area contributed by atoms with E-state index in [4.69, 9.17) is 4.74 Å². The maximum Gasteiger partial charge on any atom is 0.442 e. The van der Waals surface area contributed by atoms with E-state index >= 15 is 0 Å². The molecular weight excluding hydrogens is 463 g/mol. The average Bonchev–Trinajstić information content (AvgIpc) is 3.06. The smallest absolute Gasteiger partial charge is 0.442 e. The topological polar surface area (TPSA) is 142 Å². The van der Waals surface area contributed by atoms with Crippen molar-refractivity contribution in [3.05, 3.63) is 79.6 Å². The number of carbonyl (C=O) groups is 1. The van der Waals surface area contributed by atoms with Crippen LogP contribution in [0.4, 0.5) is 30.2 Å². The number of anilines is 1. The molecule has 0 fully saturated rings. The van der Waals surface area contributed by atoms with Gasteiger partial charge in [-0.05, 0) is 26.0 Å². The summed E-state index contributed by atoms with van der Waals surface area (Å²) >= 11 is 0. The summed E-state index contributed by atoms with van der Waals surface area (Å²) in [6, 6.07) is 10.2. The Morgan fingerprint density at radius 3 is 2.24 bits per heavy atom. The van der Waals surface area contributed by atoms with Crippen LogP contribution in [0.15, 0.2) is 42.5 Å². The van der Waals surface area contributed by atoms with Crippen molar-refractivity contribution in [3.8, 4) is 11.5 Å². The Balaban J connectivity index is 1.86. The second-order valence-electron chi connectivity index (χ2n) is 7.13. The van der Waals surface area contributed by atoms with Gasteiger partial charge in [0, 0.05) is 12.1 Å². The van der Waals surface area contributed by atoms with Gasteiger partial charge in [0.2, 0.25) is 11.6 Å². The molecule has 1 heterocycles. The summed E-state index contributed by atoms with van der Waals surface area (Å²) in [5, 5.41) is 27.8. The number of amides is 1. The average molecular weight is 479 g/mol. The quantitative estimate of drug-likeness (QED) is 0.380. The van der Waals surface area contributed by atoms with Gasteiger partial charge in [-0.25, -0.2) is 0 Å². The molecule has 0 aliphatic rings. The Kier molecular flexibility index (Phi) is 6.51. The Morgan fingerprint density at radius 1 is 1.06 bits per heavy atom. The number of ether oxygens (including phenoxy) is 1. The van der Waals surface area contributed by atoms with Gasteiger partial charge in [0.05, 0.1) is 21.6 Å². The van der Waals surface area contributed by atoms with Crippen molar-refractivity contribution < 1.29 is 32.5 Å². The highest BCUT2D eigenvalue weighted by Crippen LogP contribution is 2.37. The van der Waals surface area contributed by atoms with Gasteiger partial charge in [0.1, 0.15) is 23.7 Å². The highest BCUT2D eigenvalue weighted by molar-refractivity contribution is 5.91. The second kappa shape index (κ2) is 9.17. The van der Waals surface area contributed by atoms with E-state index in [1.807, 2.05) is 6.92 Å². The third kappa shape index (κ3) is 5.46. The lowest BCUT2D eigenvalue weighted by Gasteiger charge is -2.10. The molecule has 0 saturated heterocycles. The molecule has 3 rings (SSSR count). The Bertz CT molecular complexity index is 1270. The lowest BCUT2D eigenvalue weighted by atomic mass is 10.2. The monoisotopic (exact) mass is 479 g/mol. The highest BCUT2D eigenvalue weighted by Gasteiger charge is 2.44. The number of rotatable bonds is 7. The molecule has 0 atom stereocenters. The summed E-state index contributed by atoms with van der Waals surface area (Å²) in [6.45, 7) is 2.08. The molecule has 1 amide bonds. The maximum absolute atomic E-state index is 13.1. The van der Waals surface area contributed by atoms with E-state index in [2.05, 4.69) is 10.4 Å². The van der Waals surface area contributed by atoms with Crippen LogP contribution in [0.25, 0.3) is 0 Å². The first-order valence-electron chi connectivity index (χ1n) is 9.48. The molecule has 1 N–H and O–H groups in total. The molecule has 0 unspecified atom stereocenters. The van der Waals surface area contributed by atoms with Crippen LogP contribution < -0.4 is 10.1 Å². The van der Waals surface area contributed by atoms with E-state index in [1.54, 1.807) is 24.3 Å². The molecule has 14 heteroatoms. The fourth-order valence-electron chi connectivity index (χ4n) is 3.00. The van der Waals surface area contributed by atoms with Gasteiger partial charge >= 0.3 is 11.9 Å². The molecule has 1 aromatic heterocycles. The number of hydrogen-bond donors (Lipinski definition) is 1. The number of non-ortho nitro benzene ring substituents is 1. The van der Waals surface area contributed by atoms with E-state index in [0.717, 1.165) is 24.6 Å². The standard InChI is InChI=1S/C20H16F3N5O6/c1-11-3-5-15(6-4-11)34-16-8-13(7-14(9-16)27(30)31)24-17(29)10-26-12(2)18(28(32)33)19(25-26)20(21,22)23/h3-9H,10H2,1-2H3,(H,24,29). The lowest BCUT2D eigenvalue weighted by Crippen LogP contribution is -2.21. The predicted octanol–water partition coefficient (Wildman–Crippen LogP) is 4.77. The number of aromatic nitrogens is 2. The SMILES string of the molecule is Cc1ccc(Oc2cc(NC(=O)Cn3nc(C(F)(F)F)c([N+](=O)[O-])c3C)cc([N+](=O)[O-])c2)cc1. The van der Waals surface area contributed by atoms with Crippen molar-refractivity contribution in [2.24, 2.45) is 0 Å². The van der Waals surface area contributed by atoms with E-state index in [9.17, 15) is 38.2 Å². The van der Waals surface area contributed by atoms with Crippen molar-refractivity contribution in [2.75, 3.05) is 5.32 Å². The summed E-state index contributed by atoms with van der Waals surface area (Å²) < 4.78 is 45.4. The van der Waals surface area contributed by atoms with E-state index < -0.39 is 51.2 Å².